The molecule has 1 aromatic carbocycles. The Kier molecular flexibility index (Phi) is 3.14. The molecule has 4 heteroatoms. The van der Waals surface area contributed by atoms with Crippen molar-refractivity contribution in [3.05, 3.63) is 53.9 Å². The molecule has 0 spiro atoms. The number of carbonyl (C=O) groups is 1. The second-order valence-corrected chi connectivity index (χ2v) is 3.72. The van der Waals surface area contributed by atoms with Gasteiger partial charge in [-0.05, 0) is 11.6 Å². The van der Waals surface area contributed by atoms with Gasteiger partial charge in [0.15, 0.2) is 11.4 Å². The second kappa shape index (κ2) is 4.74. The molecule has 0 saturated carbocycles. The number of aromatic nitrogens is 1. The lowest BCUT2D eigenvalue weighted by Crippen LogP contribution is -2.06. The standard InChI is InChI=1S/C13H13NO3/c1-14-8-7-11(12(14)13(15)16)17-9-10-5-3-2-4-6-10/h2-8H,9H2,1H3,(H,15,16). The Morgan fingerprint density at radius 2 is 2.00 bits per heavy atom. The molecule has 0 unspecified atom stereocenters. The van der Waals surface area contributed by atoms with Crippen LogP contribution in [0.25, 0.3) is 0 Å². The maximum absolute atomic E-state index is 11.0. The van der Waals surface area contributed by atoms with Crippen molar-refractivity contribution < 1.29 is 14.6 Å². The van der Waals surface area contributed by atoms with Gasteiger partial charge in [0.1, 0.15) is 6.61 Å². The zero-order valence-corrected chi connectivity index (χ0v) is 9.46. The number of aryl methyl sites for hydroxylation is 1. The van der Waals surface area contributed by atoms with Crippen molar-refractivity contribution in [2.24, 2.45) is 7.05 Å². The van der Waals surface area contributed by atoms with Gasteiger partial charge in [-0.1, -0.05) is 30.3 Å². The molecule has 1 aromatic heterocycles. The highest BCUT2D eigenvalue weighted by Gasteiger charge is 2.15. The smallest absolute Gasteiger partial charge is 0.356 e. The van der Waals surface area contributed by atoms with Gasteiger partial charge >= 0.3 is 5.97 Å². The lowest BCUT2D eigenvalue weighted by molar-refractivity contribution is 0.0681. The fraction of sp³-hybridized carbons (Fsp3) is 0.154. The number of benzene rings is 1. The summed E-state index contributed by atoms with van der Waals surface area (Å²) in [7, 11) is 1.68. The van der Waals surface area contributed by atoms with Crippen molar-refractivity contribution in [1.82, 2.24) is 4.57 Å². The molecule has 0 atom stereocenters. The fourth-order valence-corrected chi connectivity index (χ4v) is 1.61. The molecule has 88 valence electrons. The highest BCUT2D eigenvalue weighted by atomic mass is 16.5. The van der Waals surface area contributed by atoms with Gasteiger partial charge in [0.25, 0.3) is 0 Å². The fourth-order valence-electron chi connectivity index (χ4n) is 1.61. The molecular weight excluding hydrogens is 218 g/mol. The van der Waals surface area contributed by atoms with Gasteiger partial charge in [0.2, 0.25) is 0 Å². The van der Waals surface area contributed by atoms with E-state index in [-0.39, 0.29) is 5.69 Å². The molecule has 2 aromatic rings. The molecule has 0 fully saturated rings. The van der Waals surface area contributed by atoms with E-state index in [1.54, 1.807) is 19.3 Å². The summed E-state index contributed by atoms with van der Waals surface area (Å²) < 4.78 is 7.03. The second-order valence-electron chi connectivity index (χ2n) is 3.72. The summed E-state index contributed by atoms with van der Waals surface area (Å²) in [4.78, 5) is 11.0. The first kappa shape index (κ1) is 11.3. The lowest BCUT2D eigenvalue weighted by Gasteiger charge is -2.06. The Bertz CT molecular complexity index is 517. The molecule has 0 saturated heterocycles. The van der Waals surface area contributed by atoms with E-state index >= 15 is 0 Å². The first-order chi connectivity index (χ1) is 8.18. The van der Waals surface area contributed by atoms with Gasteiger partial charge in [-0.2, -0.15) is 0 Å². The van der Waals surface area contributed by atoms with Crippen molar-refractivity contribution in [3.63, 3.8) is 0 Å². The maximum Gasteiger partial charge on any atom is 0.356 e. The maximum atomic E-state index is 11.0. The average molecular weight is 231 g/mol. The Labute approximate surface area is 99.1 Å². The molecule has 0 amide bonds. The minimum Gasteiger partial charge on any atom is -0.486 e. The number of hydrogen-bond acceptors (Lipinski definition) is 2. The topological polar surface area (TPSA) is 51.5 Å². The van der Waals surface area contributed by atoms with E-state index in [4.69, 9.17) is 9.84 Å². The van der Waals surface area contributed by atoms with Gasteiger partial charge in [-0.3, -0.25) is 0 Å². The Morgan fingerprint density at radius 1 is 1.29 bits per heavy atom. The number of aromatic carboxylic acids is 1. The van der Waals surface area contributed by atoms with Gasteiger partial charge in [0, 0.05) is 13.2 Å². The zero-order valence-electron chi connectivity index (χ0n) is 9.46. The summed E-state index contributed by atoms with van der Waals surface area (Å²) in [6.45, 7) is 0.366. The van der Waals surface area contributed by atoms with Crippen LogP contribution in [-0.4, -0.2) is 15.6 Å². The lowest BCUT2D eigenvalue weighted by atomic mass is 10.2. The van der Waals surface area contributed by atoms with Gasteiger partial charge < -0.3 is 14.4 Å². The summed E-state index contributed by atoms with van der Waals surface area (Å²) in [6, 6.07) is 11.3. The van der Waals surface area contributed by atoms with Crippen LogP contribution in [0.1, 0.15) is 16.1 Å². The third-order valence-corrected chi connectivity index (χ3v) is 2.48. The van der Waals surface area contributed by atoms with E-state index < -0.39 is 5.97 Å². The summed E-state index contributed by atoms with van der Waals surface area (Å²) >= 11 is 0. The van der Waals surface area contributed by atoms with Crippen LogP contribution < -0.4 is 4.74 Å². The van der Waals surface area contributed by atoms with E-state index in [0.717, 1.165) is 5.56 Å². The SMILES string of the molecule is Cn1ccc(OCc2ccccc2)c1C(=O)O. The van der Waals surface area contributed by atoms with Crippen LogP contribution >= 0.6 is 0 Å². The summed E-state index contributed by atoms with van der Waals surface area (Å²) in [5, 5.41) is 9.03. The Hall–Kier alpha value is -2.23. The number of nitrogens with zero attached hydrogens (tertiary/aromatic N) is 1. The average Bonchev–Trinajstić information content (AvgIpc) is 2.69. The van der Waals surface area contributed by atoms with Crippen LogP contribution in [0, 0.1) is 0 Å². The van der Waals surface area contributed by atoms with Crippen LogP contribution in [0.5, 0.6) is 5.75 Å². The van der Waals surface area contributed by atoms with Crippen molar-refractivity contribution in [1.29, 1.82) is 0 Å². The van der Waals surface area contributed by atoms with Crippen LogP contribution in [0.2, 0.25) is 0 Å². The summed E-state index contributed by atoms with van der Waals surface area (Å²) in [6.07, 6.45) is 1.67. The van der Waals surface area contributed by atoms with E-state index in [1.165, 1.54) is 4.57 Å². The predicted octanol–water partition coefficient (Wildman–Crippen LogP) is 2.30. The number of ether oxygens (including phenoxy) is 1. The molecule has 2 rings (SSSR count). The van der Waals surface area contributed by atoms with Crippen molar-refractivity contribution in [2.75, 3.05) is 0 Å². The largest absolute Gasteiger partial charge is 0.486 e. The highest BCUT2D eigenvalue weighted by Crippen LogP contribution is 2.20. The van der Waals surface area contributed by atoms with E-state index in [2.05, 4.69) is 0 Å². The zero-order chi connectivity index (χ0) is 12.3. The number of rotatable bonds is 4. The van der Waals surface area contributed by atoms with Gasteiger partial charge in [0.05, 0.1) is 0 Å². The molecule has 0 radical (unpaired) electrons. The molecule has 1 N–H and O–H groups in total. The number of carboxylic acid groups (broad SMARTS) is 1. The minimum atomic E-state index is -0.986. The van der Waals surface area contributed by atoms with Gasteiger partial charge in [-0.15, -0.1) is 0 Å². The molecule has 17 heavy (non-hydrogen) atoms. The molecule has 0 aliphatic rings. The van der Waals surface area contributed by atoms with Crippen molar-refractivity contribution in [3.8, 4) is 5.75 Å². The Morgan fingerprint density at radius 3 is 2.65 bits per heavy atom. The normalized spacial score (nSPS) is 10.2. The van der Waals surface area contributed by atoms with Crippen LogP contribution in [0.15, 0.2) is 42.6 Å². The monoisotopic (exact) mass is 231 g/mol. The highest BCUT2D eigenvalue weighted by molar-refractivity contribution is 5.89. The third-order valence-electron chi connectivity index (χ3n) is 2.48. The van der Waals surface area contributed by atoms with Gasteiger partial charge in [-0.25, -0.2) is 4.79 Å². The van der Waals surface area contributed by atoms with Crippen LogP contribution in [0.3, 0.4) is 0 Å². The van der Waals surface area contributed by atoms with Crippen molar-refractivity contribution >= 4 is 5.97 Å². The number of hydrogen-bond donors (Lipinski definition) is 1. The quantitative estimate of drug-likeness (QED) is 0.878. The minimum absolute atomic E-state index is 0.168. The van der Waals surface area contributed by atoms with E-state index in [0.29, 0.717) is 12.4 Å². The summed E-state index contributed by atoms with van der Waals surface area (Å²) in [5.74, 6) is -0.593. The Balaban J connectivity index is 2.12. The van der Waals surface area contributed by atoms with Crippen LogP contribution in [0.4, 0.5) is 0 Å². The molecular formula is C13H13NO3. The predicted molar refractivity (Wildman–Crippen MR) is 63.1 cm³/mol. The molecule has 4 nitrogen and oxygen atoms in total. The van der Waals surface area contributed by atoms with E-state index in [1.807, 2.05) is 30.3 Å². The first-order valence-electron chi connectivity index (χ1n) is 5.24. The first-order valence-corrected chi connectivity index (χ1v) is 5.24. The number of carboxylic acids is 1. The van der Waals surface area contributed by atoms with E-state index in [9.17, 15) is 4.79 Å². The van der Waals surface area contributed by atoms with Crippen LogP contribution in [-0.2, 0) is 13.7 Å². The molecule has 1 heterocycles. The molecule has 0 aliphatic carbocycles. The molecule has 0 bridgehead atoms. The summed E-state index contributed by atoms with van der Waals surface area (Å²) in [5.41, 5.74) is 1.17. The third kappa shape index (κ3) is 2.47. The van der Waals surface area contributed by atoms with Crippen molar-refractivity contribution in [2.45, 2.75) is 6.61 Å². The molecule has 0 aliphatic heterocycles.